The first kappa shape index (κ1) is 10.9. The first-order valence-electron chi connectivity index (χ1n) is 5.13. The van der Waals surface area contributed by atoms with Crippen molar-refractivity contribution in [3.63, 3.8) is 0 Å². The lowest BCUT2D eigenvalue weighted by molar-refractivity contribution is 0.103. The molecule has 1 atom stereocenters. The Morgan fingerprint density at radius 2 is 2.20 bits per heavy atom. The smallest absolute Gasteiger partial charge is 0.124 e. The molecule has 0 amide bonds. The van der Waals surface area contributed by atoms with Crippen LogP contribution < -0.4 is 0 Å². The summed E-state index contributed by atoms with van der Waals surface area (Å²) in [5, 5.41) is 10.3. The monoisotopic (exact) mass is 228 g/mol. The van der Waals surface area contributed by atoms with Crippen molar-refractivity contribution in [1.82, 2.24) is 0 Å². The highest BCUT2D eigenvalue weighted by Crippen LogP contribution is 2.49. The maximum atomic E-state index is 12.8. The van der Waals surface area contributed by atoms with Crippen molar-refractivity contribution in [3.8, 4) is 0 Å². The Labute approximate surface area is 93.9 Å². The summed E-state index contributed by atoms with van der Waals surface area (Å²) < 4.78 is 12.8. The summed E-state index contributed by atoms with van der Waals surface area (Å²) in [4.78, 5) is 0. The van der Waals surface area contributed by atoms with Gasteiger partial charge in [0, 0.05) is 11.4 Å². The third kappa shape index (κ3) is 2.32. The van der Waals surface area contributed by atoms with E-state index in [1.807, 2.05) is 0 Å². The Morgan fingerprint density at radius 1 is 1.53 bits per heavy atom. The summed E-state index contributed by atoms with van der Waals surface area (Å²) in [7, 11) is 0. The van der Waals surface area contributed by atoms with Gasteiger partial charge in [-0.2, -0.15) is 0 Å². The summed E-state index contributed by atoms with van der Waals surface area (Å²) in [6.45, 7) is 2.06. The highest BCUT2D eigenvalue weighted by Gasteiger charge is 2.43. The SMILES string of the molecule is CC1(C(O)Cc2ccc(F)cc2Cl)CC1. The van der Waals surface area contributed by atoms with Gasteiger partial charge >= 0.3 is 0 Å². The van der Waals surface area contributed by atoms with E-state index in [0.717, 1.165) is 18.4 Å². The van der Waals surface area contributed by atoms with Crippen molar-refractivity contribution in [1.29, 1.82) is 0 Å². The van der Waals surface area contributed by atoms with Gasteiger partial charge < -0.3 is 5.11 Å². The first-order valence-corrected chi connectivity index (χ1v) is 5.51. The molecule has 1 unspecified atom stereocenters. The van der Waals surface area contributed by atoms with E-state index in [1.54, 1.807) is 6.07 Å². The molecule has 15 heavy (non-hydrogen) atoms. The van der Waals surface area contributed by atoms with Crippen LogP contribution >= 0.6 is 11.6 Å². The van der Waals surface area contributed by atoms with E-state index in [1.165, 1.54) is 12.1 Å². The van der Waals surface area contributed by atoms with Crippen LogP contribution in [0.3, 0.4) is 0 Å². The summed E-state index contributed by atoms with van der Waals surface area (Å²) >= 11 is 5.89. The Bertz CT molecular complexity index is 374. The zero-order chi connectivity index (χ0) is 11.1. The van der Waals surface area contributed by atoms with Crippen molar-refractivity contribution in [2.24, 2.45) is 5.41 Å². The quantitative estimate of drug-likeness (QED) is 0.843. The van der Waals surface area contributed by atoms with Crippen LogP contribution in [0.5, 0.6) is 0 Å². The molecule has 82 valence electrons. The zero-order valence-corrected chi connectivity index (χ0v) is 9.39. The van der Waals surface area contributed by atoms with Crippen LogP contribution in [-0.4, -0.2) is 11.2 Å². The lowest BCUT2D eigenvalue weighted by Gasteiger charge is -2.18. The summed E-state index contributed by atoms with van der Waals surface area (Å²) in [5.41, 5.74) is 0.872. The fourth-order valence-electron chi connectivity index (χ4n) is 1.67. The Morgan fingerprint density at radius 3 is 2.73 bits per heavy atom. The zero-order valence-electron chi connectivity index (χ0n) is 8.63. The molecule has 0 bridgehead atoms. The van der Waals surface area contributed by atoms with Crippen LogP contribution in [0, 0.1) is 11.2 Å². The van der Waals surface area contributed by atoms with E-state index in [4.69, 9.17) is 11.6 Å². The van der Waals surface area contributed by atoms with E-state index in [9.17, 15) is 9.50 Å². The molecule has 0 aliphatic heterocycles. The highest BCUT2D eigenvalue weighted by molar-refractivity contribution is 6.31. The van der Waals surface area contributed by atoms with Gasteiger partial charge in [-0.25, -0.2) is 4.39 Å². The molecule has 0 saturated heterocycles. The normalized spacial score (nSPS) is 20.0. The molecule has 1 saturated carbocycles. The second kappa shape index (κ2) is 3.76. The third-order valence-corrected chi connectivity index (χ3v) is 3.62. The van der Waals surface area contributed by atoms with Crippen molar-refractivity contribution < 1.29 is 9.50 Å². The predicted octanol–water partition coefficient (Wildman–Crippen LogP) is 3.18. The molecular formula is C12H14ClFO. The minimum atomic E-state index is -0.375. The van der Waals surface area contributed by atoms with Crippen molar-refractivity contribution in [2.45, 2.75) is 32.3 Å². The summed E-state index contributed by atoms with van der Waals surface area (Å²) in [6, 6.07) is 4.31. The third-order valence-electron chi connectivity index (χ3n) is 3.27. The van der Waals surface area contributed by atoms with E-state index < -0.39 is 0 Å². The van der Waals surface area contributed by atoms with Gasteiger partial charge in [-0.1, -0.05) is 24.6 Å². The summed E-state index contributed by atoms with van der Waals surface area (Å²) in [5.74, 6) is -0.337. The molecule has 3 heteroatoms. The van der Waals surface area contributed by atoms with Crippen LogP contribution in [0.1, 0.15) is 25.3 Å². The van der Waals surface area contributed by atoms with Gasteiger partial charge in [-0.3, -0.25) is 0 Å². The van der Waals surface area contributed by atoms with Gasteiger partial charge in [-0.05, 0) is 36.0 Å². The van der Waals surface area contributed by atoms with Gasteiger partial charge in [0.2, 0.25) is 0 Å². The molecule has 0 aromatic heterocycles. The maximum Gasteiger partial charge on any atom is 0.124 e. The molecule has 1 aromatic carbocycles. The Kier molecular flexibility index (Phi) is 2.73. The summed E-state index contributed by atoms with van der Waals surface area (Å²) in [6.07, 6.45) is 2.26. The molecule has 1 N–H and O–H groups in total. The molecular weight excluding hydrogens is 215 g/mol. The van der Waals surface area contributed by atoms with Gasteiger partial charge in [0.15, 0.2) is 0 Å². The minimum absolute atomic E-state index is 0.0533. The van der Waals surface area contributed by atoms with Crippen LogP contribution in [0.15, 0.2) is 18.2 Å². The molecule has 2 rings (SSSR count). The number of rotatable bonds is 3. The molecule has 0 heterocycles. The fraction of sp³-hybridized carbons (Fsp3) is 0.500. The average molecular weight is 229 g/mol. The van der Waals surface area contributed by atoms with Crippen molar-refractivity contribution in [2.75, 3.05) is 0 Å². The molecule has 0 spiro atoms. The highest BCUT2D eigenvalue weighted by atomic mass is 35.5. The Hall–Kier alpha value is -0.600. The van der Waals surface area contributed by atoms with Gasteiger partial charge in [0.05, 0.1) is 6.10 Å². The molecule has 0 radical (unpaired) electrons. The second-order valence-electron chi connectivity index (χ2n) is 4.61. The predicted molar refractivity (Wildman–Crippen MR) is 58.5 cm³/mol. The second-order valence-corrected chi connectivity index (χ2v) is 5.02. The van der Waals surface area contributed by atoms with Crippen molar-refractivity contribution >= 4 is 11.6 Å². The van der Waals surface area contributed by atoms with E-state index in [2.05, 4.69) is 6.92 Å². The molecule has 1 aromatic rings. The van der Waals surface area contributed by atoms with Crippen LogP contribution in [0.25, 0.3) is 0 Å². The minimum Gasteiger partial charge on any atom is -0.392 e. The number of hydrogen-bond acceptors (Lipinski definition) is 1. The van der Waals surface area contributed by atoms with Crippen LogP contribution in [-0.2, 0) is 6.42 Å². The van der Waals surface area contributed by atoms with Crippen LogP contribution in [0.2, 0.25) is 5.02 Å². The van der Waals surface area contributed by atoms with E-state index in [0.29, 0.717) is 11.4 Å². The van der Waals surface area contributed by atoms with Gasteiger partial charge in [0.25, 0.3) is 0 Å². The number of benzene rings is 1. The Balaban J connectivity index is 2.10. The van der Waals surface area contributed by atoms with E-state index in [-0.39, 0.29) is 17.3 Å². The number of aliphatic hydroxyl groups is 1. The largest absolute Gasteiger partial charge is 0.392 e. The maximum absolute atomic E-state index is 12.8. The number of halogens is 2. The van der Waals surface area contributed by atoms with Gasteiger partial charge in [-0.15, -0.1) is 0 Å². The topological polar surface area (TPSA) is 20.2 Å². The fourth-order valence-corrected chi connectivity index (χ4v) is 1.92. The molecule has 1 aliphatic carbocycles. The van der Waals surface area contributed by atoms with E-state index >= 15 is 0 Å². The number of hydrogen-bond donors (Lipinski definition) is 1. The van der Waals surface area contributed by atoms with Crippen LogP contribution in [0.4, 0.5) is 4.39 Å². The molecule has 1 nitrogen and oxygen atoms in total. The standard InChI is InChI=1S/C12H14ClFO/c1-12(4-5-12)11(15)6-8-2-3-9(14)7-10(8)13/h2-3,7,11,15H,4-6H2,1H3. The average Bonchev–Trinajstić information content (AvgIpc) is 2.90. The lowest BCUT2D eigenvalue weighted by atomic mass is 9.95. The molecule has 1 fully saturated rings. The van der Waals surface area contributed by atoms with Crippen molar-refractivity contribution in [3.05, 3.63) is 34.6 Å². The van der Waals surface area contributed by atoms with Gasteiger partial charge in [0.1, 0.15) is 5.82 Å². The molecule has 1 aliphatic rings. The lowest BCUT2D eigenvalue weighted by Crippen LogP contribution is -2.21. The number of aliphatic hydroxyl groups excluding tert-OH is 1. The first-order chi connectivity index (χ1) is 7.01.